The number of carbonyl (C=O) groups is 1. The van der Waals surface area contributed by atoms with E-state index in [-0.39, 0.29) is 10.5 Å². The Morgan fingerprint density at radius 2 is 1.87 bits per heavy atom. The quantitative estimate of drug-likeness (QED) is 0.697. The highest BCUT2D eigenvalue weighted by Gasteiger charge is 2.27. The molecule has 9 heteroatoms. The molecule has 1 aromatic heterocycles. The number of nitrogens with two attached hydrogens (primary N) is 1. The number of sulfonamides is 1. The van der Waals surface area contributed by atoms with Crippen molar-refractivity contribution >= 4 is 27.3 Å². The minimum absolute atomic E-state index is 0.178. The number of aryl methyl sites for hydroxylation is 1. The molecule has 0 aliphatic carbocycles. The van der Waals surface area contributed by atoms with Gasteiger partial charge in [0.1, 0.15) is 4.90 Å². The molecule has 0 atom stereocenters. The minimum Gasteiger partial charge on any atom is -0.370 e. The van der Waals surface area contributed by atoms with Gasteiger partial charge in [0, 0.05) is 25.2 Å². The van der Waals surface area contributed by atoms with E-state index in [2.05, 4.69) is 28.6 Å². The number of benzene rings is 1. The van der Waals surface area contributed by atoms with E-state index in [9.17, 15) is 13.2 Å². The Balaban J connectivity index is 2.02. The van der Waals surface area contributed by atoms with Crippen LogP contribution in [-0.4, -0.2) is 37.2 Å². The van der Waals surface area contributed by atoms with Crippen LogP contribution in [0.5, 0.6) is 0 Å². The highest BCUT2D eigenvalue weighted by atomic mass is 32.2. The van der Waals surface area contributed by atoms with Crippen LogP contribution in [0.3, 0.4) is 0 Å². The Hall–Kier alpha value is -2.55. The summed E-state index contributed by atoms with van der Waals surface area (Å²) in [4.78, 5) is 14.0. The molecule has 0 spiro atoms. The van der Waals surface area contributed by atoms with Gasteiger partial charge in [-0.15, -0.1) is 0 Å². The van der Waals surface area contributed by atoms with Crippen molar-refractivity contribution in [3.63, 3.8) is 0 Å². The van der Waals surface area contributed by atoms with Crippen LogP contribution in [-0.2, 0) is 16.6 Å². The van der Waals surface area contributed by atoms with Gasteiger partial charge in [-0.3, -0.25) is 14.2 Å². The number of primary amides is 1. The zero-order chi connectivity index (χ0) is 22.1. The molecule has 164 valence electrons. The average molecular weight is 434 g/mol. The maximum absolute atomic E-state index is 13.4. The van der Waals surface area contributed by atoms with Gasteiger partial charge in [-0.2, -0.15) is 5.10 Å². The predicted molar refractivity (Wildman–Crippen MR) is 118 cm³/mol. The second-order valence-electron chi connectivity index (χ2n) is 8.33. The first-order valence-corrected chi connectivity index (χ1v) is 11.8. The summed E-state index contributed by atoms with van der Waals surface area (Å²) in [7, 11) is -3.91. The first-order valence-electron chi connectivity index (χ1n) is 10.4. The first-order chi connectivity index (χ1) is 14.1. The molecule has 1 aromatic carbocycles. The number of carbonyl (C=O) groups excluding carboxylic acids is 1. The van der Waals surface area contributed by atoms with E-state index in [0.29, 0.717) is 29.5 Å². The Morgan fingerprint density at radius 1 is 1.20 bits per heavy atom. The Labute approximate surface area is 178 Å². The lowest BCUT2D eigenvalue weighted by atomic mass is 10.1. The Bertz CT molecular complexity index is 1040. The van der Waals surface area contributed by atoms with Crippen LogP contribution in [0.25, 0.3) is 0 Å². The molecule has 8 nitrogen and oxygen atoms in total. The molecule has 1 saturated heterocycles. The molecule has 1 fully saturated rings. The van der Waals surface area contributed by atoms with Gasteiger partial charge in [0.05, 0.1) is 22.8 Å². The number of nitrogens with zero attached hydrogens (tertiary/aromatic N) is 3. The summed E-state index contributed by atoms with van der Waals surface area (Å²) in [6.07, 6.45) is 3.25. The van der Waals surface area contributed by atoms with Gasteiger partial charge in [-0.05, 0) is 57.2 Å². The number of nitrogens with one attached hydrogen (secondary N) is 1. The minimum atomic E-state index is -3.91. The highest BCUT2D eigenvalue weighted by Crippen LogP contribution is 2.32. The largest absolute Gasteiger partial charge is 0.370 e. The topological polar surface area (TPSA) is 110 Å². The maximum atomic E-state index is 13.4. The molecule has 2 aromatic rings. The molecule has 30 heavy (non-hydrogen) atoms. The number of amides is 1. The van der Waals surface area contributed by atoms with Crippen molar-refractivity contribution in [2.24, 2.45) is 11.7 Å². The predicted octanol–water partition coefficient (Wildman–Crippen LogP) is 3.05. The molecule has 3 N–H and O–H groups in total. The monoisotopic (exact) mass is 433 g/mol. The summed E-state index contributed by atoms with van der Waals surface area (Å²) in [5.74, 6) is -0.262. The molecule has 1 amide bonds. The van der Waals surface area contributed by atoms with Crippen molar-refractivity contribution in [2.45, 2.75) is 58.4 Å². The molecule has 3 rings (SSSR count). The number of anilines is 2. The van der Waals surface area contributed by atoms with E-state index in [1.54, 1.807) is 30.7 Å². The van der Waals surface area contributed by atoms with E-state index < -0.39 is 15.9 Å². The standard InChI is InChI=1S/C21H31N5O3S/c1-14(2)13-26-16(4)20(15(3)23-26)30(28,29)24-18-12-17(21(22)27)8-9-19(18)25-10-6-5-7-11-25/h8-9,12,14,24H,5-7,10-11,13H2,1-4H3,(H2,22,27). The van der Waals surface area contributed by atoms with Crippen molar-refractivity contribution in [2.75, 3.05) is 22.7 Å². The summed E-state index contributed by atoms with van der Waals surface area (Å²) in [5, 5.41) is 4.43. The zero-order valence-corrected chi connectivity index (χ0v) is 18.9. The van der Waals surface area contributed by atoms with Crippen LogP contribution in [0, 0.1) is 19.8 Å². The van der Waals surface area contributed by atoms with Gasteiger partial charge in [-0.25, -0.2) is 8.42 Å². The third-order valence-electron chi connectivity index (χ3n) is 5.34. The molecule has 2 heterocycles. The third kappa shape index (κ3) is 4.61. The summed E-state index contributed by atoms with van der Waals surface area (Å²) < 4.78 is 31.2. The second-order valence-corrected chi connectivity index (χ2v) is 9.94. The summed E-state index contributed by atoms with van der Waals surface area (Å²) in [6.45, 7) is 9.90. The first kappa shape index (κ1) is 22.1. The van der Waals surface area contributed by atoms with Crippen molar-refractivity contribution in [1.82, 2.24) is 9.78 Å². The maximum Gasteiger partial charge on any atom is 0.265 e. The van der Waals surface area contributed by atoms with Gasteiger partial charge in [0.2, 0.25) is 5.91 Å². The smallest absolute Gasteiger partial charge is 0.265 e. The van der Waals surface area contributed by atoms with Crippen molar-refractivity contribution in [3.05, 3.63) is 35.2 Å². The van der Waals surface area contributed by atoms with Crippen LogP contribution >= 0.6 is 0 Å². The van der Waals surface area contributed by atoms with E-state index in [1.807, 2.05) is 0 Å². The summed E-state index contributed by atoms with van der Waals surface area (Å²) in [6, 6.07) is 4.93. The molecule has 1 aliphatic rings. The fraction of sp³-hybridized carbons (Fsp3) is 0.524. The van der Waals surface area contributed by atoms with Gasteiger partial charge in [0.15, 0.2) is 0 Å². The molecule has 0 radical (unpaired) electrons. The number of hydrogen-bond acceptors (Lipinski definition) is 5. The normalized spacial score (nSPS) is 14.9. The number of piperidine rings is 1. The van der Waals surface area contributed by atoms with Crippen LogP contribution in [0.1, 0.15) is 54.9 Å². The molecular weight excluding hydrogens is 402 g/mol. The van der Waals surface area contributed by atoms with Crippen LogP contribution < -0.4 is 15.4 Å². The van der Waals surface area contributed by atoms with Gasteiger partial charge in [-0.1, -0.05) is 13.8 Å². The second kappa shape index (κ2) is 8.67. The van der Waals surface area contributed by atoms with Crippen molar-refractivity contribution in [3.8, 4) is 0 Å². The zero-order valence-electron chi connectivity index (χ0n) is 18.1. The van der Waals surface area contributed by atoms with Crippen LogP contribution in [0.15, 0.2) is 23.1 Å². The number of hydrogen-bond donors (Lipinski definition) is 2. The molecule has 0 saturated carbocycles. The lowest BCUT2D eigenvalue weighted by Crippen LogP contribution is -2.30. The van der Waals surface area contributed by atoms with Crippen molar-refractivity contribution in [1.29, 1.82) is 0 Å². The summed E-state index contributed by atoms with van der Waals surface area (Å²) in [5.41, 5.74) is 7.87. The summed E-state index contributed by atoms with van der Waals surface area (Å²) >= 11 is 0. The van der Waals surface area contributed by atoms with Crippen LogP contribution in [0.2, 0.25) is 0 Å². The molecule has 0 unspecified atom stereocenters. The number of aromatic nitrogens is 2. The fourth-order valence-electron chi connectivity index (χ4n) is 3.97. The molecule has 0 bridgehead atoms. The van der Waals surface area contributed by atoms with Crippen LogP contribution in [0.4, 0.5) is 11.4 Å². The van der Waals surface area contributed by atoms with E-state index in [4.69, 9.17) is 5.73 Å². The lowest BCUT2D eigenvalue weighted by molar-refractivity contribution is 0.100. The lowest BCUT2D eigenvalue weighted by Gasteiger charge is -2.30. The van der Waals surface area contributed by atoms with Gasteiger partial charge in [0.25, 0.3) is 10.0 Å². The molecular formula is C21H31N5O3S. The van der Waals surface area contributed by atoms with E-state index in [1.165, 1.54) is 6.07 Å². The Morgan fingerprint density at radius 3 is 2.47 bits per heavy atom. The SMILES string of the molecule is Cc1nn(CC(C)C)c(C)c1S(=O)(=O)Nc1cc(C(N)=O)ccc1N1CCCCC1. The Kier molecular flexibility index (Phi) is 6.40. The third-order valence-corrected chi connectivity index (χ3v) is 6.96. The fourth-order valence-corrected chi connectivity index (χ4v) is 5.45. The average Bonchev–Trinajstić information content (AvgIpc) is 2.95. The van der Waals surface area contributed by atoms with Gasteiger partial charge >= 0.3 is 0 Å². The van der Waals surface area contributed by atoms with E-state index in [0.717, 1.165) is 38.0 Å². The highest BCUT2D eigenvalue weighted by molar-refractivity contribution is 7.92. The number of rotatable bonds is 7. The molecule has 1 aliphatic heterocycles. The van der Waals surface area contributed by atoms with Crippen molar-refractivity contribution < 1.29 is 13.2 Å². The van der Waals surface area contributed by atoms with E-state index >= 15 is 0 Å². The van der Waals surface area contributed by atoms with Gasteiger partial charge < -0.3 is 10.6 Å².